The fraction of sp³-hybridized carbons (Fsp3) is 0.409. The first-order valence-electron chi connectivity index (χ1n) is 11.0. The Morgan fingerprint density at radius 2 is 2.15 bits per heavy atom. The summed E-state index contributed by atoms with van der Waals surface area (Å²) in [5.74, 6) is 0.0248. The Balaban J connectivity index is 1.70. The quantitative estimate of drug-likeness (QED) is 0.255. The topological polar surface area (TPSA) is 154 Å². The maximum Gasteiger partial charge on any atom is 0.280 e. The molecule has 12 heteroatoms. The van der Waals surface area contributed by atoms with Gasteiger partial charge in [-0.1, -0.05) is 36.8 Å². The highest BCUT2D eigenvalue weighted by molar-refractivity contribution is 7.17. The Bertz CT molecular complexity index is 1280. The van der Waals surface area contributed by atoms with E-state index < -0.39 is 0 Å². The number of carbonyl (C=O) groups excluding carboxylic acids is 2. The van der Waals surface area contributed by atoms with E-state index >= 15 is 0 Å². The van der Waals surface area contributed by atoms with E-state index in [-0.39, 0.29) is 35.5 Å². The fourth-order valence-corrected chi connectivity index (χ4v) is 5.04. The predicted octanol–water partition coefficient (Wildman–Crippen LogP) is 1.79. The molecule has 0 radical (unpaired) electrons. The van der Waals surface area contributed by atoms with Crippen molar-refractivity contribution in [2.24, 2.45) is 16.6 Å². The SMILES string of the molecule is CC(C)C(=O)c1nc2cnc(C(N)=NC=[NH2+])cc2n1C1CCCC(NC(=O)c2ncc(Cl)s2)C1. The number of amidine groups is 1. The van der Waals surface area contributed by atoms with Gasteiger partial charge in [-0.05, 0) is 36.7 Å². The minimum atomic E-state index is -0.245. The predicted molar refractivity (Wildman–Crippen MR) is 131 cm³/mol. The minimum Gasteiger partial charge on any atom is -0.361 e. The molecule has 5 N–H and O–H groups in total. The van der Waals surface area contributed by atoms with Crippen molar-refractivity contribution < 1.29 is 15.0 Å². The number of aliphatic imine (C=N–C) groups is 1. The molecule has 34 heavy (non-hydrogen) atoms. The lowest BCUT2D eigenvalue weighted by molar-refractivity contribution is -0.106. The highest BCUT2D eigenvalue weighted by Gasteiger charge is 2.31. The molecule has 0 spiro atoms. The first-order chi connectivity index (χ1) is 16.3. The van der Waals surface area contributed by atoms with Crippen LogP contribution in [0.15, 0.2) is 23.5 Å². The van der Waals surface area contributed by atoms with Crippen molar-refractivity contribution in [3.05, 3.63) is 39.3 Å². The summed E-state index contributed by atoms with van der Waals surface area (Å²) in [6.07, 6.45) is 7.37. The zero-order valence-electron chi connectivity index (χ0n) is 18.9. The molecular formula is C22H26ClN8O2S+. The van der Waals surface area contributed by atoms with E-state index in [1.165, 1.54) is 6.20 Å². The summed E-state index contributed by atoms with van der Waals surface area (Å²) < 4.78 is 2.44. The molecule has 2 unspecified atom stereocenters. The largest absolute Gasteiger partial charge is 0.361 e. The Hall–Kier alpha value is -3.18. The lowest BCUT2D eigenvalue weighted by Gasteiger charge is -2.31. The Labute approximate surface area is 205 Å². The van der Waals surface area contributed by atoms with Crippen molar-refractivity contribution in [2.45, 2.75) is 51.6 Å². The number of halogens is 1. The molecular weight excluding hydrogens is 476 g/mol. The van der Waals surface area contributed by atoms with Crippen molar-refractivity contribution in [1.82, 2.24) is 24.8 Å². The van der Waals surface area contributed by atoms with Crippen LogP contribution in [-0.2, 0) is 0 Å². The van der Waals surface area contributed by atoms with Crippen LogP contribution in [0.5, 0.6) is 0 Å². The molecule has 0 saturated heterocycles. The molecule has 1 fully saturated rings. The second kappa shape index (κ2) is 9.98. The minimum absolute atomic E-state index is 0.0453. The van der Waals surface area contributed by atoms with Gasteiger partial charge in [0.25, 0.3) is 18.1 Å². The number of nitrogens with zero attached hydrogens (tertiary/aromatic N) is 5. The molecule has 0 aromatic carbocycles. The number of fused-ring (bicyclic) bond motifs is 1. The van der Waals surface area contributed by atoms with Crippen molar-refractivity contribution in [3.8, 4) is 0 Å². The van der Waals surface area contributed by atoms with Crippen LogP contribution in [0, 0.1) is 5.92 Å². The number of carbonyl (C=O) groups is 2. The molecule has 1 aliphatic rings. The van der Waals surface area contributed by atoms with Crippen LogP contribution in [0.4, 0.5) is 0 Å². The second-order valence-corrected chi connectivity index (χ2v) is 10.2. The first kappa shape index (κ1) is 24.0. The van der Waals surface area contributed by atoms with Gasteiger partial charge in [0.05, 0.1) is 17.9 Å². The van der Waals surface area contributed by atoms with E-state index in [1.54, 1.807) is 12.3 Å². The Morgan fingerprint density at radius 3 is 2.82 bits per heavy atom. The number of pyridine rings is 1. The van der Waals surface area contributed by atoms with Crippen LogP contribution in [0.1, 0.15) is 71.7 Å². The number of Topliss-reactive ketones (excluding diaryl/α,β-unsaturated/α-hetero) is 1. The Morgan fingerprint density at radius 1 is 1.35 bits per heavy atom. The van der Waals surface area contributed by atoms with Gasteiger partial charge in [-0.2, -0.15) is 0 Å². The molecule has 3 aromatic rings. The molecule has 1 amide bonds. The third-order valence-corrected chi connectivity index (χ3v) is 6.93. The summed E-state index contributed by atoms with van der Waals surface area (Å²) in [4.78, 5) is 42.6. The number of hydrogen-bond donors (Lipinski definition) is 3. The molecule has 1 saturated carbocycles. The number of imidazole rings is 1. The van der Waals surface area contributed by atoms with Crippen molar-refractivity contribution in [1.29, 1.82) is 0 Å². The smallest absolute Gasteiger partial charge is 0.280 e. The zero-order chi connectivity index (χ0) is 24.4. The summed E-state index contributed by atoms with van der Waals surface area (Å²) >= 11 is 7.07. The standard InChI is InChI=1S/C22H25ClN8O2S/c1-11(2)18(32)20-30-15-8-26-14(19(25)28-10-24)7-16(15)31(20)13-5-3-4-12(6-13)29-21(33)22-27-9-17(23)34-22/h7-13H,3-6H2,1-2H3,(H,29,33)(H3,24,25,28)/p+1. The van der Waals surface area contributed by atoms with Gasteiger partial charge < -0.3 is 15.6 Å². The molecule has 1 aliphatic carbocycles. The number of nitrogens with two attached hydrogens (primary N) is 2. The average molecular weight is 502 g/mol. The van der Waals surface area contributed by atoms with E-state index in [4.69, 9.17) is 22.7 Å². The van der Waals surface area contributed by atoms with E-state index in [0.29, 0.717) is 32.8 Å². The van der Waals surface area contributed by atoms with Crippen molar-refractivity contribution in [3.63, 3.8) is 0 Å². The van der Waals surface area contributed by atoms with Crippen LogP contribution < -0.4 is 16.5 Å². The maximum absolute atomic E-state index is 13.1. The molecule has 2 atom stereocenters. The van der Waals surface area contributed by atoms with Gasteiger partial charge in [-0.3, -0.25) is 15.0 Å². The van der Waals surface area contributed by atoms with Crippen LogP contribution in [0.3, 0.4) is 0 Å². The number of thiazole rings is 1. The van der Waals surface area contributed by atoms with Gasteiger partial charge >= 0.3 is 0 Å². The summed E-state index contributed by atoms with van der Waals surface area (Å²) in [7, 11) is 0. The molecule has 3 heterocycles. The first-order valence-corrected chi connectivity index (χ1v) is 12.2. The van der Waals surface area contributed by atoms with E-state index in [2.05, 4.69) is 25.3 Å². The summed E-state index contributed by atoms with van der Waals surface area (Å²) in [5.41, 5.74) is 7.78. The highest BCUT2D eigenvalue weighted by atomic mass is 35.5. The van der Waals surface area contributed by atoms with Crippen molar-refractivity contribution in [2.75, 3.05) is 0 Å². The van der Waals surface area contributed by atoms with Crippen LogP contribution in [0.25, 0.3) is 11.0 Å². The average Bonchev–Trinajstić information content (AvgIpc) is 3.42. The monoisotopic (exact) mass is 501 g/mol. The van der Waals surface area contributed by atoms with Gasteiger partial charge in [0.2, 0.25) is 5.78 Å². The summed E-state index contributed by atoms with van der Waals surface area (Å²) in [6, 6.07) is 1.66. The lowest BCUT2D eigenvalue weighted by atomic mass is 9.90. The van der Waals surface area contributed by atoms with E-state index in [1.807, 2.05) is 18.4 Å². The third kappa shape index (κ3) is 4.85. The second-order valence-electron chi connectivity index (χ2n) is 8.51. The molecule has 4 rings (SSSR count). The van der Waals surface area contributed by atoms with Crippen molar-refractivity contribution >= 4 is 57.8 Å². The summed E-state index contributed by atoms with van der Waals surface area (Å²) in [6.45, 7) is 3.70. The van der Waals surface area contributed by atoms with Gasteiger partial charge in [-0.25, -0.2) is 15.0 Å². The number of nitrogens with one attached hydrogen (secondary N) is 1. The van der Waals surface area contributed by atoms with E-state index in [0.717, 1.165) is 42.5 Å². The van der Waals surface area contributed by atoms with Crippen LogP contribution in [0.2, 0.25) is 4.34 Å². The highest BCUT2D eigenvalue weighted by Crippen LogP contribution is 2.34. The van der Waals surface area contributed by atoms with Gasteiger partial charge in [-0.15, -0.1) is 0 Å². The van der Waals surface area contributed by atoms with Crippen LogP contribution in [-0.4, -0.2) is 49.4 Å². The van der Waals surface area contributed by atoms with Gasteiger partial charge in [0, 0.05) is 18.0 Å². The number of amides is 1. The molecule has 178 valence electrons. The summed E-state index contributed by atoms with van der Waals surface area (Å²) in [5, 5.41) is 8.77. The number of rotatable bonds is 7. The molecule has 0 bridgehead atoms. The Kier molecular flexibility index (Phi) is 7.03. The molecule has 3 aromatic heterocycles. The number of ketones is 1. The zero-order valence-corrected chi connectivity index (χ0v) is 20.4. The third-order valence-electron chi connectivity index (χ3n) is 5.82. The van der Waals surface area contributed by atoms with Crippen LogP contribution >= 0.6 is 22.9 Å². The fourth-order valence-electron chi connectivity index (χ4n) is 4.22. The molecule has 10 nitrogen and oxygen atoms in total. The van der Waals surface area contributed by atoms with E-state index in [9.17, 15) is 9.59 Å². The maximum atomic E-state index is 13.1. The number of aromatic nitrogens is 4. The lowest BCUT2D eigenvalue weighted by Crippen LogP contribution is -2.39. The molecule has 0 aliphatic heterocycles. The normalized spacial score (nSPS) is 18.9. The van der Waals surface area contributed by atoms with Gasteiger partial charge in [0.15, 0.2) is 10.8 Å². The number of hydrogen-bond acceptors (Lipinski definition) is 6. The van der Waals surface area contributed by atoms with Gasteiger partial charge in [0.1, 0.15) is 15.5 Å².